The fourth-order valence-electron chi connectivity index (χ4n) is 2.24. The molecule has 0 saturated heterocycles. The van der Waals surface area contributed by atoms with Crippen molar-refractivity contribution in [3.8, 4) is 0 Å². The minimum absolute atomic E-state index is 0.0424. The van der Waals surface area contributed by atoms with Gasteiger partial charge in [0.25, 0.3) is 6.20 Å². The SMILES string of the molecule is O=[N+]([O-])C=C(NCc1ccccc1Cl)Nc1cc(C(F)(F)F)cc(C(F)(F)F)c1. The van der Waals surface area contributed by atoms with Crippen molar-refractivity contribution in [2.45, 2.75) is 18.9 Å². The third kappa shape index (κ3) is 6.56. The number of anilines is 1. The van der Waals surface area contributed by atoms with E-state index in [1.165, 1.54) is 0 Å². The second-order valence-electron chi connectivity index (χ2n) is 5.69. The van der Waals surface area contributed by atoms with Crippen LogP contribution in [0.2, 0.25) is 5.02 Å². The summed E-state index contributed by atoms with van der Waals surface area (Å²) < 4.78 is 77.7. The Kier molecular flexibility index (Phi) is 6.62. The molecule has 0 aliphatic carbocycles. The van der Waals surface area contributed by atoms with Crippen LogP contribution in [0.1, 0.15) is 16.7 Å². The molecule has 156 valence electrons. The van der Waals surface area contributed by atoms with E-state index in [4.69, 9.17) is 11.6 Å². The lowest BCUT2D eigenvalue weighted by atomic mass is 10.1. The van der Waals surface area contributed by atoms with Crippen LogP contribution < -0.4 is 10.6 Å². The van der Waals surface area contributed by atoms with Crippen molar-refractivity contribution in [2.75, 3.05) is 5.32 Å². The second-order valence-corrected chi connectivity index (χ2v) is 6.10. The van der Waals surface area contributed by atoms with Crippen molar-refractivity contribution in [2.24, 2.45) is 0 Å². The molecule has 0 amide bonds. The number of nitrogens with zero attached hydrogens (tertiary/aromatic N) is 1. The molecule has 0 aliphatic heterocycles. The molecule has 0 saturated carbocycles. The van der Waals surface area contributed by atoms with E-state index in [1.807, 2.05) is 0 Å². The standard InChI is InChI=1S/C17H12ClF6N3O2/c18-14-4-2-1-3-10(14)8-25-15(9-27(28)29)26-13-6-11(16(19,20)21)5-12(7-13)17(22,23)24/h1-7,9,25-26H,8H2. The number of rotatable bonds is 6. The molecular weight excluding hydrogens is 428 g/mol. The monoisotopic (exact) mass is 439 g/mol. The summed E-state index contributed by atoms with van der Waals surface area (Å²) in [5.74, 6) is -0.428. The maximum Gasteiger partial charge on any atom is 0.416 e. The number of nitrogens with one attached hydrogen (secondary N) is 2. The van der Waals surface area contributed by atoms with Gasteiger partial charge >= 0.3 is 12.4 Å². The second kappa shape index (κ2) is 8.60. The molecule has 0 spiro atoms. The molecule has 2 rings (SSSR count). The van der Waals surface area contributed by atoms with Crippen LogP contribution in [0.5, 0.6) is 0 Å². The predicted molar refractivity (Wildman–Crippen MR) is 93.4 cm³/mol. The Balaban J connectivity index is 2.35. The van der Waals surface area contributed by atoms with E-state index in [0.29, 0.717) is 28.9 Å². The van der Waals surface area contributed by atoms with Gasteiger partial charge in [0, 0.05) is 17.3 Å². The van der Waals surface area contributed by atoms with Crippen molar-refractivity contribution in [1.29, 1.82) is 0 Å². The number of benzene rings is 2. The van der Waals surface area contributed by atoms with Crippen LogP contribution in [0, 0.1) is 10.1 Å². The smallest absolute Gasteiger partial charge is 0.362 e. The molecule has 0 unspecified atom stereocenters. The summed E-state index contributed by atoms with van der Waals surface area (Å²) in [5, 5.41) is 15.8. The molecular formula is C17H12ClF6N3O2. The summed E-state index contributed by atoms with van der Waals surface area (Å²) in [4.78, 5) is 9.88. The lowest BCUT2D eigenvalue weighted by molar-refractivity contribution is -0.403. The Bertz CT molecular complexity index is 896. The zero-order chi connectivity index (χ0) is 21.8. The van der Waals surface area contributed by atoms with Gasteiger partial charge in [0.05, 0.1) is 16.1 Å². The van der Waals surface area contributed by atoms with Crippen molar-refractivity contribution in [3.63, 3.8) is 0 Å². The van der Waals surface area contributed by atoms with Crippen molar-refractivity contribution in [3.05, 3.63) is 86.3 Å². The molecule has 5 nitrogen and oxygen atoms in total. The van der Waals surface area contributed by atoms with Crippen LogP contribution in [0.15, 0.2) is 54.5 Å². The first-order chi connectivity index (χ1) is 13.4. The highest BCUT2D eigenvalue weighted by Gasteiger charge is 2.37. The first-order valence-corrected chi connectivity index (χ1v) is 8.13. The van der Waals surface area contributed by atoms with E-state index < -0.39 is 39.9 Å². The van der Waals surface area contributed by atoms with Crippen LogP contribution in [-0.4, -0.2) is 4.92 Å². The Labute approximate surface area is 165 Å². The summed E-state index contributed by atoms with van der Waals surface area (Å²) in [6.07, 6.45) is -9.71. The molecule has 0 heterocycles. The van der Waals surface area contributed by atoms with E-state index >= 15 is 0 Å². The van der Waals surface area contributed by atoms with Crippen molar-refractivity contribution < 1.29 is 31.3 Å². The largest absolute Gasteiger partial charge is 0.416 e. The maximum atomic E-state index is 12.9. The Morgan fingerprint density at radius 3 is 2.07 bits per heavy atom. The number of hydrogen-bond donors (Lipinski definition) is 2. The number of hydrogen-bond acceptors (Lipinski definition) is 4. The summed E-state index contributed by atoms with van der Waals surface area (Å²) in [5.41, 5.74) is -3.24. The van der Waals surface area contributed by atoms with Gasteiger partial charge in [0.15, 0.2) is 5.82 Å². The average molecular weight is 440 g/mol. The Morgan fingerprint density at radius 1 is 1.03 bits per heavy atom. The van der Waals surface area contributed by atoms with Crippen molar-refractivity contribution >= 4 is 17.3 Å². The first kappa shape index (κ1) is 22.3. The van der Waals surface area contributed by atoms with Gasteiger partial charge < -0.3 is 10.6 Å². The Hall–Kier alpha value is -2.95. The zero-order valence-electron chi connectivity index (χ0n) is 14.2. The highest BCUT2D eigenvalue weighted by atomic mass is 35.5. The molecule has 2 N–H and O–H groups in total. The fourth-order valence-corrected chi connectivity index (χ4v) is 2.44. The van der Waals surface area contributed by atoms with Crippen LogP contribution in [0.4, 0.5) is 32.0 Å². The topological polar surface area (TPSA) is 67.2 Å². The van der Waals surface area contributed by atoms with E-state index in [1.54, 1.807) is 24.3 Å². The van der Waals surface area contributed by atoms with Crippen LogP contribution in [0.25, 0.3) is 0 Å². The summed E-state index contributed by atoms with van der Waals surface area (Å²) >= 11 is 5.95. The lowest BCUT2D eigenvalue weighted by Crippen LogP contribution is -2.21. The molecule has 0 aromatic heterocycles. The van der Waals surface area contributed by atoms with Crippen LogP contribution in [0.3, 0.4) is 0 Å². The minimum Gasteiger partial charge on any atom is -0.362 e. The first-order valence-electron chi connectivity index (χ1n) is 7.75. The van der Waals surface area contributed by atoms with Gasteiger partial charge in [-0.05, 0) is 29.8 Å². The highest BCUT2D eigenvalue weighted by Crippen LogP contribution is 2.37. The van der Waals surface area contributed by atoms with Gasteiger partial charge in [0.2, 0.25) is 0 Å². The van der Waals surface area contributed by atoms with E-state index in [0.717, 1.165) is 0 Å². The van der Waals surface area contributed by atoms with E-state index in [9.17, 15) is 36.5 Å². The zero-order valence-corrected chi connectivity index (χ0v) is 15.0. The van der Waals surface area contributed by atoms with Gasteiger partial charge in [-0.3, -0.25) is 10.1 Å². The molecule has 0 radical (unpaired) electrons. The number of alkyl halides is 6. The maximum absolute atomic E-state index is 12.9. The number of halogens is 7. The van der Waals surface area contributed by atoms with Gasteiger partial charge in [-0.15, -0.1) is 0 Å². The molecule has 2 aromatic rings. The lowest BCUT2D eigenvalue weighted by Gasteiger charge is -2.17. The molecule has 0 aliphatic rings. The minimum atomic E-state index is -5.05. The fraction of sp³-hybridized carbons (Fsp3) is 0.176. The summed E-state index contributed by atoms with van der Waals surface area (Å²) in [7, 11) is 0. The van der Waals surface area contributed by atoms with E-state index in [2.05, 4.69) is 10.6 Å². The highest BCUT2D eigenvalue weighted by molar-refractivity contribution is 6.31. The van der Waals surface area contributed by atoms with E-state index in [-0.39, 0.29) is 12.6 Å². The molecule has 0 bridgehead atoms. The number of nitro groups is 1. The van der Waals surface area contributed by atoms with Crippen LogP contribution >= 0.6 is 11.6 Å². The third-order valence-corrected chi connectivity index (χ3v) is 3.90. The third-order valence-electron chi connectivity index (χ3n) is 3.53. The van der Waals surface area contributed by atoms with Gasteiger partial charge in [0.1, 0.15) is 0 Å². The molecule has 0 atom stereocenters. The summed E-state index contributed by atoms with van der Waals surface area (Å²) in [6.45, 7) is -0.0720. The predicted octanol–water partition coefficient (Wildman–Crippen LogP) is 5.65. The quantitative estimate of drug-likeness (QED) is 0.346. The van der Waals surface area contributed by atoms with Gasteiger partial charge in [-0.1, -0.05) is 29.8 Å². The van der Waals surface area contributed by atoms with Gasteiger partial charge in [-0.2, -0.15) is 26.3 Å². The normalized spacial score (nSPS) is 12.6. The molecule has 0 fully saturated rings. The Morgan fingerprint density at radius 2 is 1.59 bits per heavy atom. The van der Waals surface area contributed by atoms with Crippen LogP contribution in [-0.2, 0) is 18.9 Å². The summed E-state index contributed by atoms with van der Waals surface area (Å²) in [6, 6.07) is 7.20. The molecule has 29 heavy (non-hydrogen) atoms. The van der Waals surface area contributed by atoms with Crippen molar-refractivity contribution in [1.82, 2.24) is 5.32 Å². The average Bonchev–Trinajstić information content (AvgIpc) is 2.58. The molecule has 2 aromatic carbocycles. The van der Waals surface area contributed by atoms with Gasteiger partial charge in [-0.25, -0.2) is 0 Å². The molecule has 12 heteroatoms.